The smallest absolute Gasteiger partial charge is 0.337 e. The second-order valence-corrected chi connectivity index (χ2v) is 12.0. The maximum Gasteiger partial charge on any atom is 0.337 e. The summed E-state index contributed by atoms with van der Waals surface area (Å²) in [5.41, 5.74) is 4.38. The molecule has 2 aliphatic heterocycles. The highest BCUT2D eigenvalue weighted by Crippen LogP contribution is 2.48. The van der Waals surface area contributed by atoms with Crippen LogP contribution in [0.25, 0.3) is 11.1 Å². The number of fused-ring (bicyclic) bond motifs is 2. The number of carboxylic acids is 1. The zero-order chi connectivity index (χ0) is 29.8. The molecule has 1 N–H and O–H groups in total. The summed E-state index contributed by atoms with van der Waals surface area (Å²) in [4.78, 5) is 27.9. The predicted octanol–water partition coefficient (Wildman–Crippen LogP) is 7.37. The number of nitrogens with zero attached hydrogens (tertiary/aromatic N) is 1. The number of rotatable bonds is 5. The number of aryl methyl sites for hydroxylation is 1. The van der Waals surface area contributed by atoms with E-state index in [4.69, 9.17) is 21.1 Å². The Labute approximate surface area is 242 Å². The molecule has 41 heavy (non-hydrogen) atoms. The highest BCUT2D eigenvalue weighted by atomic mass is 35.5. The Morgan fingerprint density at radius 1 is 1.07 bits per heavy atom. The first-order chi connectivity index (χ1) is 19.3. The molecular formula is C32H32ClF2NO5. The zero-order valence-corrected chi connectivity index (χ0v) is 24.4. The van der Waals surface area contributed by atoms with Crippen molar-refractivity contribution in [3.63, 3.8) is 0 Å². The SMILES string of the molecule is Cc1cc2c(c(-c3cc(F)c4c(c3C)CCCO4)c1[C@H](OC(C)(C)C)C(=O)O)CCN2C(=O)c1ccc(F)c(Cl)c1. The lowest BCUT2D eigenvalue weighted by atomic mass is 9.83. The zero-order valence-electron chi connectivity index (χ0n) is 23.7. The van der Waals surface area contributed by atoms with Crippen LogP contribution in [0.2, 0.25) is 5.02 Å². The molecule has 2 aliphatic rings. The molecule has 0 aliphatic carbocycles. The van der Waals surface area contributed by atoms with E-state index in [-0.39, 0.29) is 22.2 Å². The molecule has 0 bridgehead atoms. The number of ether oxygens (including phenoxy) is 2. The van der Waals surface area contributed by atoms with Crippen molar-refractivity contribution in [1.29, 1.82) is 0 Å². The van der Waals surface area contributed by atoms with Gasteiger partial charge in [0, 0.05) is 28.9 Å². The van der Waals surface area contributed by atoms with Gasteiger partial charge in [-0.25, -0.2) is 13.6 Å². The summed E-state index contributed by atoms with van der Waals surface area (Å²) in [7, 11) is 0. The van der Waals surface area contributed by atoms with Crippen LogP contribution in [0.4, 0.5) is 14.5 Å². The fraction of sp³-hybridized carbons (Fsp3) is 0.375. The summed E-state index contributed by atoms with van der Waals surface area (Å²) < 4.78 is 41.1. The molecule has 0 saturated heterocycles. The summed E-state index contributed by atoms with van der Waals surface area (Å²) in [6.45, 7) is 9.72. The van der Waals surface area contributed by atoms with Gasteiger partial charge in [0.25, 0.3) is 5.91 Å². The van der Waals surface area contributed by atoms with Gasteiger partial charge < -0.3 is 19.5 Å². The van der Waals surface area contributed by atoms with Crippen LogP contribution >= 0.6 is 11.6 Å². The van der Waals surface area contributed by atoms with Crippen molar-refractivity contribution in [3.05, 3.63) is 80.4 Å². The van der Waals surface area contributed by atoms with Crippen molar-refractivity contribution in [2.24, 2.45) is 0 Å². The Balaban J connectivity index is 1.77. The largest absolute Gasteiger partial charge is 0.490 e. The normalized spacial score (nSPS) is 15.3. The predicted molar refractivity (Wildman–Crippen MR) is 153 cm³/mol. The van der Waals surface area contributed by atoms with E-state index < -0.39 is 29.3 Å². The Kier molecular flexibility index (Phi) is 7.59. The van der Waals surface area contributed by atoms with Gasteiger partial charge in [0.1, 0.15) is 5.82 Å². The minimum absolute atomic E-state index is 0.159. The molecule has 1 amide bonds. The van der Waals surface area contributed by atoms with E-state index in [0.717, 1.165) is 29.2 Å². The first kappa shape index (κ1) is 29.0. The Morgan fingerprint density at radius 3 is 2.46 bits per heavy atom. The van der Waals surface area contributed by atoms with Gasteiger partial charge in [-0.2, -0.15) is 0 Å². The molecule has 2 heterocycles. The van der Waals surface area contributed by atoms with E-state index >= 15 is 4.39 Å². The van der Waals surface area contributed by atoms with E-state index in [1.807, 2.05) is 6.92 Å². The summed E-state index contributed by atoms with van der Waals surface area (Å²) in [6, 6.07) is 7.00. The number of benzene rings is 3. The van der Waals surface area contributed by atoms with Gasteiger partial charge in [0.2, 0.25) is 0 Å². The van der Waals surface area contributed by atoms with Gasteiger partial charge in [0.05, 0.1) is 17.2 Å². The molecule has 216 valence electrons. The van der Waals surface area contributed by atoms with E-state index in [9.17, 15) is 19.1 Å². The molecule has 0 fully saturated rings. The second kappa shape index (κ2) is 10.7. The molecule has 0 radical (unpaired) electrons. The average molecular weight is 584 g/mol. The number of carboxylic acid groups (broad SMARTS) is 1. The van der Waals surface area contributed by atoms with Crippen LogP contribution in [-0.4, -0.2) is 35.7 Å². The van der Waals surface area contributed by atoms with E-state index in [2.05, 4.69) is 0 Å². The third kappa shape index (κ3) is 5.31. The van der Waals surface area contributed by atoms with Crippen LogP contribution in [0.3, 0.4) is 0 Å². The fourth-order valence-electron chi connectivity index (χ4n) is 5.84. The van der Waals surface area contributed by atoms with Gasteiger partial charge in [0.15, 0.2) is 17.7 Å². The molecule has 0 spiro atoms. The molecule has 0 unspecified atom stereocenters. The Hall–Kier alpha value is -3.49. The topological polar surface area (TPSA) is 76.1 Å². The van der Waals surface area contributed by atoms with Crippen molar-refractivity contribution in [1.82, 2.24) is 0 Å². The van der Waals surface area contributed by atoms with Crippen LogP contribution in [0.1, 0.15) is 71.5 Å². The van der Waals surface area contributed by atoms with Crippen molar-refractivity contribution in [2.75, 3.05) is 18.1 Å². The van der Waals surface area contributed by atoms with Crippen LogP contribution in [0, 0.1) is 25.5 Å². The minimum Gasteiger partial charge on any atom is -0.490 e. The maximum absolute atomic E-state index is 15.5. The Morgan fingerprint density at radius 2 is 1.80 bits per heavy atom. The molecule has 5 rings (SSSR count). The monoisotopic (exact) mass is 583 g/mol. The first-order valence-corrected chi connectivity index (χ1v) is 14.0. The molecule has 1 atom stereocenters. The van der Waals surface area contributed by atoms with Gasteiger partial charge >= 0.3 is 5.97 Å². The molecule has 0 aromatic heterocycles. The highest BCUT2D eigenvalue weighted by Gasteiger charge is 2.37. The minimum atomic E-state index is -1.34. The number of hydrogen-bond donors (Lipinski definition) is 1. The molecule has 3 aromatic rings. The standard InChI is InChI=1S/C32H32ClF2NO5/c1-16-13-25-20(10-11-36(25)30(37)18-8-9-23(34)22(33)14-18)27(26(16)29(31(38)39)41-32(3,4)5)21-15-24(35)28-19(17(21)2)7-6-12-40-28/h8-9,13-15,29H,6-7,10-12H2,1-5H3,(H,38,39)/t29-/m0/s1. The third-order valence-electron chi connectivity index (χ3n) is 7.61. The summed E-state index contributed by atoms with van der Waals surface area (Å²) in [5, 5.41) is 10.2. The number of carbonyl (C=O) groups is 2. The van der Waals surface area contributed by atoms with Crippen molar-refractivity contribution < 1.29 is 33.0 Å². The summed E-state index contributed by atoms with van der Waals surface area (Å²) in [6.07, 6.45) is 0.426. The van der Waals surface area contributed by atoms with Crippen LogP contribution in [-0.2, 0) is 22.4 Å². The van der Waals surface area contributed by atoms with Crippen molar-refractivity contribution >= 4 is 29.2 Å². The third-order valence-corrected chi connectivity index (χ3v) is 7.90. The van der Waals surface area contributed by atoms with Crippen LogP contribution in [0.5, 0.6) is 5.75 Å². The number of halogens is 3. The van der Waals surface area contributed by atoms with E-state index in [0.29, 0.717) is 53.9 Å². The number of hydrogen-bond acceptors (Lipinski definition) is 4. The molecule has 3 aromatic carbocycles. The summed E-state index contributed by atoms with van der Waals surface area (Å²) >= 11 is 5.96. The van der Waals surface area contributed by atoms with Gasteiger partial charge in [-0.15, -0.1) is 0 Å². The van der Waals surface area contributed by atoms with E-state index in [1.54, 1.807) is 38.7 Å². The highest BCUT2D eigenvalue weighted by molar-refractivity contribution is 6.31. The maximum atomic E-state index is 15.5. The Bertz CT molecular complexity index is 1580. The number of aliphatic carboxylic acids is 1. The average Bonchev–Trinajstić information content (AvgIpc) is 3.32. The summed E-state index contributed by atoms with van der Waals surface area (Å²) in [5.74, 6) is -2.45. The van der Waals surface area contributed by atoms with Crippen LogP contribution in [0.15, 0.2) is 30.3 Å². The lowest BCUT2D eigenvalue weighted by Gasteiger charge is -2.30. The second-order valence-electron chi connectivity index (χ2n) is 11.6. The van der Waals surface area contributed by atoms with Crippen molar-refractivity contribution in [2.45, 2.75) is 65.6 Å². The number of anilines is 1. The molecular weight excluding hydrogens is 552 g/mol. The number of amides is 1. The van der Waals surface area contributed by atoms with Gasteiger partial charge in [-0.3, -0.25) is 4.79 Å². The first-order valence-electron chi connectivity index (χ1n) is 13.6. The van der Waals surface area contributed by atoms with Crippen LogP contribution < -0.4 is 9.64 Å². The lowest BCUT2D eigenvalue weighted by Crippen LogP contribution is -2.29. The molecule has 6 nitrogen and oxygen atoms in total. The molecule has 9 heteroatoms. The lowest BCUT2D eigenvalue weighted by molar-refractivity contribution is -0.160. The fourth-order valence-corrected chi connectivity index (χ4v) is 6.02. The quantitative estimate of drug-likeness (QED) is 0.339. The van der Waals surface area contributed by atoms with Gasteiger partial charge in [-0.1, -0.05) is 11.6 Å². The number of carbonyl (C=O) groups excluding carboxylic acids is 1. The van der Waals surface area contributed by atoms with Gasteiger partial charge in [-0.05, 0) is 112 Å². The van der Waals surface area contributed by atoms with Crippen molar-refractivity contribution in [3.8, 4) is 16.9 Å². The van der Waals surface area contributed by atoms with E-state index in [1.165, 1.54) is 18.2 Å². The molecule has 0 saturated carbocycles.